The van der Waals surface area contributed by atoms with Gasteiger partial charge in [-0.05, 0) is 29.3 Å². The molecule has 34 heavy (non-hydrogen) atoms. The molecule has 1 saturated heterocycles. The van der Waals surface area contributed by atoms with Crippen molar-refractivity contribution in [3.05, 3.63) is 90.2 Å². The van der Waals surface area contributed by atoms with Crippen molar-refractivity contribution >= 4 is 84.3 Å². The minimum absolute atomic E-state index is 0.0215. The first-order valence-corrected chi connectivity index (χ1v) is 12.6. The Morgan fingerprint density at radius 2 is 2.03 bits per heavy atom. The van der Waals surface area contributed by atoms with Crippen molar-refractivity contribution < 1.29 is 14.5 Å². The Kier molecular flexibility index (Phi) is 7.51. The monoisotopic (exact) mass is 574 g/mol. The number of thioether (sulfide) groups is 1. The number of nitrogens with zero attached hydrogens (tertiary/aromatic N) is 3. The second-order valence-corrected chi connectivity index (χ2v) is 10.8. The Balaban J connectivity index is 1.36. The van der Waals surface area contributed by atoms with E-state index in [4.69, 9.17) is 12.2 Å². The predicted octanol–water partition coefficient (Wildman–Crippen LogP) is 5.24. The standard InChI is InChI=1S/C22H15BrN4O4S3/c23-15-6-4-13(5-7-15)10-18-20(29)26(22(32)34-18)12-19(28)25-21-24-11-17(33-21)9-14-2-1-3-16(8-14)27(30)31/h1-8,10-11H,9,12H2,(H,24,25,28)/b18-10+. The molecule has 0 atom stereocenters. The van der Waals surface area contributed by atoms with Crippen LogP contribution in [-0.4, -0.2) is 37.5 Å². The molecule has 0 radical (unpaired) electrons. The molecule has 4 rings (SSSR count). The van der Waals surface area contributed by atoms with E-state index in [2.05, 4.69) is 26.2 Å². The van der Waals surface area contributed by atoms with Crippen LogP contribution in [0.25, 0.3) is 6.08 Å². The van der Waals surface area contributed by atoms with Crippen LogP contribution in [0.3, 0.4) is 0 Å². The number of nitrogens with one attached hydrogen (secondary N) is 1. The highest BCUT2D eigenvalue weighted by Gasteiger charge is 2.33. The number of anilines is 1. The van der Waals surface area contributed by atoms with Gasteiger partial charge >= 0.3 is 0 Å². The van der Waals surface area contributed by atoms with Crippen LogP contribution < -0.4 is 5.32 Å². The van der Waals surface area contributed by atoms with E-state index in [0.717, 1.165) is 32.2 Å². The molecule has 2 heterocycles. The van der Waals surface area contributed by atoms with Crippen LogP contribution >= 0.6 is 51.2 Å². The van der Waals surface area contributed by atoms with Crippen molar-refractivity contribution in [3.8, 4) is 0 Å². The molecule has 0 unspecified atom stereocenters. The summed E-state index contributed by atoms with van der Waals surface area (Å²) in [5.74, 6) is -0.740. The summed E-state index contributed by atoms with van der Waals surface area (Å²) in [5.41, 5.74) is 1.64. The van der Waals surface area contributed by atoms with Crippen LogP contribution in [0.2, 0.25) is 0 Å². The molecule has 1 aliphatic heterocycles. The summed E-state index contributed by atoms with van der Waals surface area (Å²) in [6.45, 7) is -0.220. The van der Waals surface area contributed by atoms with Gasteiger partial charge in [-0.3, -0.25) is 24.6 Å². The number of thiocarbonyl (C=S) groups is 1. The minimum atomic E-state index is -0.441. The highest BCUT2D eigenvalue weighted by molar-refractivity contribution is 9.10. The van der Waals surface area contributed by atoms with E-state index in [9.17, 15) is 19.7 Å². The van der Waals surface area contributed by atoms with Gasteiger partial charge < -0.3 is 5.32 Å². The molecule has 1 N–H and O–H groups in total. The molecular formula is C22H15BrN4O4S3. The van der Waals surface area contributed by atoms with E-state index in [-0.39, 0.29) is 18.1 Å². The number of non-ortho nitro benzene ring substituents is 1. The fraction of sp³-hybridized carbons (Fsp3) is 0.0909. The van der Waals surface area contributed by atoms with E-state index in [1.165, 1.54) is 28.4 Å². The second kappa shape index (κ2) is 10.6. The number of hydrogen-bond acceptors (Lipinski definition) is 8. The van der Waals surface area contributed by atoms with Gasteiger partial charge in [0.15, 0.2) is 5.13 Å². The van der Waals surface area contributed by atoms with Gasteiger partial charge in [0.1, 0.15) is 10.9 Å². The Bertz CT molecular complexity index is 1320. The summed E-state index contributed by atoms with van der Waals surface area (Å²) < 4.78 is 1.25. The maximum atomic E-state index is 12.8. The number of thiazole rings is 1. The van der Waals surface area contributed by atoms with Crippen LogP contribution in [0, 0.1) is 10.1 Å². The molecule has 8 nitrogen and oxygen atoms in total. The van der Waals surface area contributed by atoms with Crippen molar-refractivity contribution in [2.75, 3.05) is 11.9 Å². The van der Waals surface area contributed by atoms with Gasteiger partial charge in [-0.15, -0.1) is 11.3 Å². The van der Waals surface area contributed by atoms with Gasteiger partial charge in [0, 0.05) is 34.1 Å². The molecule has 3 aromatic rings. The first-order valence-electron chi connectivity index (χ1n) is 9.77. The summed E-state index contributed by atoms with van der Waals surface area (Å²) >= 11 is 11.1. The molecule has 2 aromatic carbocycles. The van der Waals surface area contributed by atoms with Gasteiger partial charge in [0.05, 0.1) is 9.83 Å². The largest absolute Gasteiger partial charge is 0.300 e. The third-order valence-corrected chi connectivity index (χ3v) is 7.46. The number of nitro groups is 1. The number of halogens is 1. The highest BCUT2D eigenvalue weighted by atomic mass is 79.9. The lowest BCUT2D eigenvalue weighted by Gasteiger charge is -2.13. The normalized spacial score (nSPS) is 14.6. The quantitative estimate of drug-likeness (QED) is 0.178. The van der Waals surface area contributed by atoms with Crippen LogP contribution in [-0.2, 0) is 16.0 Å². The molecule has 2 amide bonds. The average molecular weight is 575 g/mol. The van der Waals surface area contributed by atoms with Crippen LogP contribution in [0.15, 0.2) is 64.1 Å². The lowest BCUT2D eigenvalue weighted by Crippen LogP contribution is -2.36. The Morgan fingerprint density at radius 1 is 1.26 bits per heavy atom. The molecule has 0 saturated carbocycles. The molecule has 1 fully saturated rings. The summed E-state index contributed by atoms with van der Waals surface area (Å²) in [5, 5.41) is 14.0. The lowest BCUT2D eigenvalue weighted by atomic mass is 10.1. The molecule has 1 aliphatic rings. The first-order chi connectivity index (χ1) is 16.3. The number of hydrogen-bond donors (Lipinski definition) is 1. The van der Waals surface area contributed by atoms with Crippen LogP contribution in [0.4, 0.5) is 10.8 Å². The maximum Gasteiger partial charge on any atom is 0.269 e. The van der Waals surface area contributed by atoms with E-state index in [0.29, 0.717) is 20.8 Å². The van der Waals surface area contributed by atoms with Crippen molar-refractivity contribution in [2.24, 2.45) is 0 Å². The smallest absolute Gasteiger partial charge is 0.269 e. The molecule has 1 aromatic heterocycles. The fourth-order valence-electron chi connectivity index (χ4n) is 3.08. The van der Waals surface area contributed by atoms with Crippen molar-refractivity contribution in [1.29, 1.82) is 0 Å². The second-order valence-electron chi connectivity index (χ2n) is 7.10. The van der Waals surface area contributed by atoms with Gasteiger partial charge in [0.2, 0.25) is 5.91 Å². The van der Waals surface area contributed by atoms with Crippen molar-refractivity contribution in [3.63, 3.8) is 0 Å². The number of benzene rings is 2. The lowest BCUT2D eigenvalue weighted by molar-refractivity contribution is -0.384. The first kappa shape index (κ1) is 24.2. The molecule has 0 aliphatic carbocycles. The number of aromatic nitrogens is 1. The number of amides is 2. The summed E-state index contributed by atoms with van der Waals surface area (Å²) in [6.07, 6.45) is 3.80. The molecule has 172 valence electrons. The zero-order valence-corrected chi connectivity index (χ0v) is 21.3. The molecular weight excluding hydrogens is 560 g/mol. The van der Waals surface area contributed by atoms with Gasteiger partial charge in [0.25, 0.3) is 11.6 Å². The molecule has 12 heteroatoms. The van der Waals surface area contributed by atoms with E-state index >= 15 is 0 Å². The highest BCUT2D eigenvalue weighted by Crippen LogP contribution is 2.32. The van der Waals surface area contributed by atoms with Gasteiger partial charge in [-0.1, -0.05) is 64.2 Å². The summed E-state index contributed by atoms with van der Waals surface area (Å²) in [6, 6.07) is 13.9. The Morgan fingerprint density at radius 3 is 2.76 bits per heavy atom. The number of carbonyl (C=O) groups is 2. The third-order valence-electron chi connectivity index (χ3n) is 4.64. The van der Waals surface area contributed by atoms with Crippen molar-refractivity contribution in [2.45, 2.75) is 6.42 Å². The van der Waals surface area contributed by atoms with Gasteiger partial charge in [-0.2, -0.15) is 0 Å². The minimum Gasteiger partial charge on any atom is -0.300 e. The predicted molar refractivity (Wildman–Crippen MR) is 141 cm³/mol. The zero-order chi connectivity index (χ0) is 24.2. The average Bonchev–Trinajstić information content (AvgIpc) is 3.34. The maximum absolute atomic E-state index is 12.8. The third kappa shape index (κ3) is 5.95. The van der Waals surface area contributed by atoms with Crippen LogP contribution in [0.5, 0.6) is 0 Å². The molecule has 0 bridgehead atoms. The Hall–Kier alpha value is -2.93. The summed E-state index contributed by atoms with van der Waals surface area (Å²) in [7, 11) is 0. The number of nitro benzene ring substituents is 1. The summed E-state index contributed by atoms with van der Waals surface area (Å²) in [4.78, 5) is 42.5. The number of rotatable bonds is 7. The zero-order valence-electron chi connectivity index (χ0n) is 17.3. The van der Waals surface area contributed by atoms with E-state index < -0.39 is 10.8 Å². The SMILES string of the molecule is O=C(CN1C(=O)/C(=C\c2ccc(Br)cc2)SC1=S)Nc1ncc(Cc2cccc([N+](=O)[O-])c2)s1. The van der Waals surface area contributed by atoms with Gasteiger partial charge in [-0.25, -0.2) is 4.98 Å². The number of carbonyl (C=O) groups excluding carboxylic acids is 2. The van der Waals surface area contributed by atoms with Crippen LogP contribution in [0.1, 0.15) is 16.0 Å². The topological polar surface area (TPSA) is 105 Å². The molecule has 0 spiro atoms. The van der Waals surface area contributed by atoms with Crippen molar-refractivity contribution in [1.82, 2.24) is 9.88 Å². The van der Waals surface area contributed by atoms with E-state index in [1.807, 2.05) is 24.3 Å². The van der Waals surface area contributed by atoms with E-state index in [1.54, 1.807) is 24.4 Å². The Labute approximate surface area is 216 Å². The fourth-order valence-corrected chi connectivity index (χ4v) is 5.46.